The van der Waals surface area contributed by atoms with Crippen molar-refractivity contribution in [3.05, 3.63) is 34.9 Å². The number of aliphatic hydroxyl groups is 1. The molecule has 1 aromatic carbocycles. The monoisotopic (exact) mass is 240 g/mol. The second kappa shape index (κ2) is 5.67. The highest BCUT2D eigenvalue weighted by Crippen LogP contribution is 2.20. The SMILES string of the molecule is OC(Cc1ccc(Cl)cc1)C1CCCOC1. The summed E-state index contributed by atoms with van der Waals surface area (Å²) in [5.74, 6) is 0.282. The molecule has 0 amide bonds. The number of aliphatic hydroxyl groups excluding tert-OH is 1. The molecule has 2 unspecified atom stereocenters. The van der Waals surface area contributed by atoms with Crippen molar-refractivity contribution in [2.75, 3.05) is 13.2 Å². The molecular formula is C13H17ClO2. The Morgan fingerprint density at radius 2 is 2.12 bits per heavy atom. The first-order valence-electron chi connectivity index (χ1n) is 5.76. The van der Waals surface area contributed by atoms with Gasteiger partial charge < -0.3 is 9.84 Å². The third-order valence-electron chi connectivity index (χ3n) is 3.10. The lowest BCUT2D eigenvalue weighted by Crippen LogP contribution is -2.30. The van der Waals surface area contributed by atoms with E-state index < -0.39 is 0 Å². The molecule has 1 aromatic rings. The molecule has 1 N–H and O–H groups in total. The largest absolute Gasteiger partial charge is 0.392 e. The van der Waals surface area contributed by atoms with Crippen LogP contribution in [0.15, 0.2) is 24.3 Å². The summed E-state index contributed by atoms with van der Waals surface area (Å²) in [6.07, 6.45) is 2.50. The third-order valence-corrected chi connectivity index (χ3v) is 3.35. The molecule has 0 aliphatic carbocycles. The van der Waals surface area contributed by atoms with Gasteiger partial charge >= 0.3 is 0 Å². The van der Waals surface area contributed by atoms with Gasteiger partial charge in [0.1, 0.15) is 0 Å². The van der Waals surface area contributed by atoms with Gasteiger partial charge in [0.15, 0.2) is 0 Å². The number of benzene rings is 1. The second-order valence-electron chi connectivity index (χ2n) is 4.38. The van der Waals surface area contributed by atoms with E-state index in [1.54, 1.807) is 0 Å². The molecule has 3 heteroatoms. The van der Waals surface area contributed by atoms with E-state index in [0.717, 1.165) is 30.0 Å². The van der Waals surface area contributed by atoms with Crippen molar-refractivity contribution in [1.82, 2.24) is 0 Å². The average Bonchev–Trinajstić information content (AvgIpc) is 2.33. The van der Waals surface area contributed by atoms with Gasteiger partial charge in [0.25, 0.3) is 0 Å². The van der Waals surface area contributed by atoms with E-state index >= 15 is 0 Å². The molecule has 1 aliphatic rings. The fourth-order valence-electron chi connectivity index (χ4n) is 2.10. The van der Waals surface area contributed by atoms with E-state index in [-0.39, 0.29) is 12.0 Å². The minimum absolute atomic E-state index is 0.282. The van der Waals surface area contributed by atoms with Gasteiger partial charge in [0, 0.05) is 17.5 Å². The zero-order valence-corrected chi connectivity index (χ0v) is 9.99. The fourth-order valence-corrected chi connectivity index (χ4v) is 2.22. The van der Waals surface area contributed by atoms with Gasteiger partial charge in [-0.05, 0) is 37.0 Å². The van der Waals surface area contributed by atoms with E-state index in [4.69, 9.17) is 16.3 Å². The standard InChI is InChI=1S/C13H17ClO2/c14-12-5-3-10(4-6-12)8-13(15)11-2-1-7-16-9-11/h3-6,11,13,15H,1-2,7-9H2. The van der Waals surface area contributed by atoms with Crippen molar-refractivity contribution in [3.8, 4) is 0 Å². The Balaban J connectivity index is 1.90. The highest BCUT2D eigenvalue weighted by atomic mass is 35.5. The van der Waals surface area contributed by atoms with Crippen LogP contribution in [0.1, 0.15) is 18.4 Å². The summed E-state index contributed by atoms with van der Waals surface area (Å²) in [5, 5.41) is 10.8. The molecule has 1 fully saturated rings. The van der Waals surface area contributed by atoms with Gasteiger partial charge in [-0.1, -0.05) is 23.7 Å². The first-order valence-corrected chi connectivity index (χ1v) is 6.14. The number of hydrogen-bond donors (Lipinski definition) is 1. The second-order valence-corrected chi connectivity index (χ2v) is 4.81. The Morgan fingerprint density at radius 1 is 1.38 bits per heavy atom. The van der Waals surface area contributed by atoms with Crippen LogP contribution in [-0.2, 0) is 11.2 Å². The number of ether oxygens (including phenoxy) is 1. The van der Waals surface area contributed by atoms with E-state index in [9.17, 15) is 5.11 Å². The van der Waals surface area contributed by atoms with Crippen LogP contribution in [0.5, 0.6) is 0 Å². The molecule has 1 saturated heterocycles. The Labute approximate surface area is 101 Å². The first kappa shape index (κ1) is 11.9. The van der Waals surface area contributed by atoms with Crippen molar-refractivity contribution < 1.29 is 9.84 Å². The minimum atomic E-state index is -0.304. The van der Waals surface area contributed by atoms with Crippen LogP contribution in [0, 0.1) is 5.92 Å². The average molecular weight is 241 g/mol. The summed E-state index contributed by atoms with van der Waals surface area (Å²) in [5.41, 5.74) is 1.13. The summed E-state index contributed by atoms with van der Waals surface area (Å²) in [6.45, 7) is 1.53. The Bertz CT molecular complexity index is 317. The molecule has 0 aromatic heterocycles. The summed E-state index contributed by atoms with van der Waals surface area (Å²) in [7, 11) is 0. The lowest BCUT2D eigenvalue weighted by atomic mass is 9.92. The predicted octanol–water partition coefficient (Wildman–Crippen LogP) is 2.67. The highest BCUT2D eigenvalue weighted by molar-refractivity contribution is 6.30. The summed E-state index contributed by atoms with van der Waals surface area (Å²) in [4.78, 5) is 0. The Morgan fingerprint density at radius 3 is 2.75 bits per heavy atom. The van der Waals surface area contributed by atoms with Crippen molar-refractivity contribution in [1.29, 1.82) is 0 Å². The lowest BCUT2D eigenvalue weighted by Gasteiger charge is -2.26. The van der Waals surface area contributed by atoms with Crippen LogP contribution < -0.4 is 0 Å². The summed E-state index contributed by atoms with van der Waals surface area (Å²) < 4.78 is 5.38. The third kappa shape index (κ3) is 3.21. The number of hydrogen-bond acceptors (Lipinski definition) is 2. The van der Waals surface area contributed by atoms with Gasteiger partial charge in [-0.3, -0.25) is 0 Å². The molecule has 0 radical (unpaired) electrons. The summed E-state index contributed by atoms with van der Waals surface area (Å²) in [6, 6.07) is 7.66. The molecule has 0 spiro atoms. The van der Waals surface area contributed by atoms with Gasteiger partial charge in [-0.15, -0.1) is 0 Å². The quantitative estimate of drug-likeness (QED) is 0.880. The smallest absolute Gasteiger partial charge is 0.0630 e. The van der Waals surface area contributed by atoms with Gasteiger partial charge in [0.05, 0.1) is 12.7 Å². The molecule has 0 saturated carbocycles. The molecule has 2 rings (SSSR count). The van der Waals surface area contributed by atoms with Crippen LogP contribution in [0.2, 0.25) is 5.02 Å². The predicted molar refractivity (Wildman–Crippen MR) is 64.7 cm³/mol. The van der Waals surface area contributed by atoms with Crippen LogP contribution in [0.4, 0.5) is 0 Å². The zero-order valence-electron chi connectivity index (χ0n) is 9.23. The number of rotatable bonds is 3. The zero-order chi connectivity index (χ0) is 11.4. The van der Waals surface area contributed by atoms with Crippen molar-refractivity contribution in [2.24, 2.45) is 5.92 Å². The van der Waals surface area contributed by atoms with Crippen LogP contribution in [0.25, 0.3) is 0 Å². The topological polar surface area (TPSA) is 29.5 Å². The van der Waals surface area contributed by atoms with Crippen LogP contribution in [-0.4, -0.2) is 24.4 Å². The van der Waals surface area contributed by atoms with Gasteiger partial charge in [-0.2, -0.15) is 0 Å². The Kier molecular flexibility index (Phi) is 4.22. The molecule has 16 heavy (non-hydrogen) atoms. The van der Waals surface area contributed by atoms with Gasteiger partial charge in [-0.25, -0.2) is 0 Å². The molecule has 1 aliphatic heterocycles. The summed E-state index contributed by atoms with van der Waals surface area (Å²) >= 11 is 5.81. The maximum atomic E-state index is 10.1. The van der Waals surface area contributed by atoms with Crippen molar-refractivity contribution >= 4 is 11.6 Å². The molecule has 88 valence electrons. The van der Waals surface area contributed by atoms with Crippen molar-refractivity contribution in [3.63, 3.8) is 0 Å². The molecular weight excluding hydrogens is 224 g/mol. The molecule has 0 bridgehead atoms. The normalized spacial score (nSPS) is 23.0. The Hall–Kier alpha value is -0.570. The maximum Gasteiger partial charge on any atom is 0.0630 e. The van der Waals surface area contributed by atoms with Gasteiger partial charge in [0.2, 0.25) is 0 Å². The number of halogens is 1. The highest BCUT2D eigenvalue weighted by Gasteiger charge is 2.22. The van der Waals surface area contributed by atoms with E-state index in [2.05, 4.69) is 0 Å². The van der Waals surface area contributed by atoms with Crippen LogP contribution >= 0.6 is 11.6 Å². The van der Waals surface area contributed by atoms with Crippen LogP contribution in [0.3, 0.4) is 0 Å². The minimum Gasteiger partial charge on any atom is -0.392 e. The lowest BCUT2D eigenvalue weighted by molar-refractivity contribution is -0.00847. The first-order chi connectivity index (χ1) is 7.75. The maximum absolute atomic E-state index is 10.1. The van der Waals surface area contributed by atoms with E-state index in [1.165, 1.54) is 0 Å². The molecule has 2 atom stereocenters. The van der Waals surface area contributed by atoms with E-state index in [1.807, 2.05) is 24.3 Å². The molecule has 1 heterocycles. The molecule has 2 nitrogen and oxygen atoms in total. The van der Waals surface area contributed by atoms with Crippen molar-refractivity contribution in [2.45, 2.75) is 25.4 Å². The van der Waals surface area contributed by atoms with E-state index in [0.29, 0.717) is 13.0 Å². The fraction of sp³-hybridized carbons (Fsp3) is 0.538.